The fraction of sp³-hybridized carbons (Fsp3) is 0.333. The van der Waals surface area contributed by atoms with E-state index >= 15 is 0 Å². The summed E-state index contributed by atoms with van der Waals surface area (Å²) in [5.74, 6) is 0. The summed E-state index contributed by atoms with van der Waals surface area (Å²) >= 11 is 0. The van der Waals surface area contributed by atoms with Crippen molar-refractivity contribution in [3.05, 3.63) is 35.5 Å². The maximum atomic E-state index is 5.54. The van der Waals surface area contributed by atoms with Crippen molar-refractivity contribution >= 4 is 0 Å². The van der Waals surface area contributed by atoms with Crippen molar-refractivity contribution in [2.75, 3.05) is 13.2 Å². The SMILES string of the molecule is NC[C@H]1OCC=C2C=CC=C21. The first-order valence-electron chi connectivity index (χ1n) is 3.82. The second-order valence-corrected chi connectivity index (χ2v) is 2.70. The Bertz CT molecular complexity index is 250. The molecule has 2 nitrogen and oxygen atoms in total. The van der Waals surface area contributed by atoms with Crippen LogP contribution in [0.1, 0.15) is 0 Å². The zero-order valence-electron chi connectivity index (χ0n) is 6.29. The van der Waals surface area contributed by atoms with Gasteiger partial charge in [0.2, 0.25) is 0 Å². The van der Waals surface area contributed by atoms with Gasteiger partial charge in [0.15, 0.2) is 0 Å². The van der Waals surface area contributed by atoms with Crippen LogP contribution in [0, 0.1) is 0 Å². The van der Waals surface area contributed by atoms with Crippen LogP contribution in [0.3, 0.4) is 0 Å². The summed E-state index contributed by atoms with van der Waals surface area (Å²) in [6, 6.07) is 0. The van der Waals surface area contributed by atoms with Gasteiger partial charge in [0.25, 0.3) is 0 Å². The van der Waals surface area contributed by atoms with E-state index in [4.69, 9.17) is 10.5 Å². The van der Waals surface area contributed by atoms with E-state index in [1.54, 1.807) is 0 Å². The largest absolute Gasteiger partial charge is 0.368 e. The molecule has 1 aliphatic carbocycles. The number of ether oxygens (including phenoxy) is 1. The lowest BCUT2D eigenvalue weighted by atomic mass is 10.0. The van der Waals surface area contributed by atoms with Gasteiger partial charge in [0, 0.05) is 6.54 Å². The predicted molar refractivity (Wildman–Crippen MR) is 44.1 cm³/mol. The molecule has 0 radical (unpaired) electrons. The average Bonchev–Trinajstić information content (AvgIpc) is 2.50. The molecule has 0 saturated carbocycles. The van der Waals surface area contributed by atoms with Crippen molar-refractivity contribution in [2.24, 2.45) is 5.73 Å². The molecular formula is C9H11NO. The van der Waals surface area contributed by atoms with E-state index in [-0.39, 0.29) is 6.10 Å². The molecule has 1 aliphatic heterocycles. The second-order valence-electron chi connectivity index (χ2n) is 2.70. The molecule has 0 aromatic rings. The molecular weight excluding hydrogens is 138 g/mol. The van der Waals surface area contributed by atoms with Gasteiger partial charge in [-0.05, 0) is 11.1 Å². The van der Waals surface area contributed by atoms with Gasteiger partial charge >= 0.3 is 0 Å². The molecule has 2 rings (SSSR count). The Hall–Kier alpha value is -0.860. The number of fused-ring (bicyclic) bond motifs is 1. The molecule has 0 unspecified atom stereocenters. The maximum absolute atomic E-state index is 5.54. The van der Waals surface area contributed by atoms with E-state index in [1.807, 2.05) is 6.08 Å². The number of rotatable bonds is 1. The third kappa shape index (κ3) is 1.04. The lowest BCUT2D eigenvalue weighted by molar-refractivity contribution is 0.102. The molecule has 0 bridgehead atoms. The van der Waals surface area contributed by atoms with Crippen molar-refractivity contribution in [3.8, 4) is 0 Å². The first-order valence-corrected chi connectivity index (χ1v) is 3.82. The van der Waals surface area contributed by atoms with Crippen LogP contribution in [0.15, 0.2) is 35.5 Å². The zero-order chi connectivity index (χ0) is 7.68. The highest BCUT2D eigenvalue weighted by molar-refractivity contribution is 5.51. The molecule has 0 aromatic heterocycles. The van der Waals surface area contributed by atoms with Crippen molar-refractivity contribution in [2.45, 2.75) is 6.10 Å². The fourth-order valence-electron chi connectivity index (χ4n) is 1.47. The highest BCUT2D eigenvalue weighted by Crippen LogP contribution is 2.26. The van der Waals surface area contributed by atoms with Crippen LogP contribution in [-0.4, -0.2) is 19.3 Å². The van der Waals surface area contributed by atoms with Gasteiger partial charge in [-0.15, -0.1) is 0 Å². The summed E-state index contributed by atoms with van der Waals surface area (Å²) in [4.78, 5) is 0. The van der Waals surface area contributed by atoms with Crippen LogP contribution < -0.4 is 5.73 Å². The van der Waals surface area contributed by atoms with E-state index in [0.717, 1.165) is 0 Å². The van der Waals surface area contributed by atoms with Crippen molar-refractivity contribution in [1.29, 1.82) is 0 Å². The number of nitrogens with two attached hydrogens (primary N) is 1. The fourth-order valence-corrected chi connectivity index (χ4v) is 1.47. The molecule has 1 heterocycles. The normalized spacial score (nSPS) is 27.9. The zero-order valence-corrected chi connectivity index (χ0v) is 6.29. The first-order chi connectivity index (χ1) is 5.42. The standard InChI is InChI=1S/C9H11NO/c10-6-9-8-3-1-2-7(8)4-5-11-9/h1-4,9H,5-6,10H2/t9-/m1/s1. The summed E-state index contributed by atoms with van der Waals surface area (Å²) in [6.45, 7) is 1.27. The second kappa shape index (κ2) is 2.64. The predicted octanol–water partition coefficient (Wildman–Crippen LogP) is 0.766. The number of hydrogen-bond donors (Lipinski definition) is 1. The lowest BCUT2D eigenvalue weighted by Gasteiger charge is -2.22. The minimum Gasteiger partial charge on any atom is -0.368 e. The summed E-state index contributed by atoms with van der Waals surface area (Å²) in [7, 11) is 0. The molecule has 1 atom stereocenters. The van der Waals surface area contributed by atoms with E-state index < -0.39 is 0 Å². The molecule has 2 N–H and O–H groups in total. The van der Waals surface area contributed by atoms with Gasteiger partial charge in [-0.2, -0.15) is 0 Å². The van der Waals surface area contributed by atoms with Crippen molar-refractivity contribution in [3.63, 3.8) is 0 Å². The first kappa shape index (κ1) is 6.83. The summed E-state index contributed by atoms with van der Waals surface area (Å²) in [6.07, 6.45) is 8.41. The topological polar surface area (TPSA) is 35.2 Å². The van der Waals surface area contributed by atoms with Gasteiger partial charge in [0.05, 0.1) is 12.7 Å². The Morgan fingerprint density at radius 3 is 3.36 bits per heavy atom. The van der Waals surface area contributed by atoms with Crippen molar-refractivity contribution in [1.82, 2.24) is 0 Å². The van der Waals surface area contributed by atoms with E-state index in [2.05, 4.69) is 18.2 Å². The van der Waals surface area contributed by atoms with Gasteiger partial charge in [-0.25, -0.2) is 0 Å². The van der Waals surface area contributed by atoms with Crippen LogP contribution >= 0.6 is 0 Å². The molecule has 0 spiro atoms. The maximum Gasteiger partial charge on any atom is 0.0957 e. The molecule has 11 heavy (non-hydrogen) atoms. The quantitative estimate of drug-likeness (QED) is 0.597. The van der Waals surface area contributed by atoms with Crippen LogP contribution in [0.2, 0.25) is 0 Å². The van der Waals surface area contributed by atoms with Crippen LogP contribution in [-0.2, 0) is 4.74 Å². The van der Waals surface area contributed by atoms with E-state index in [1.165, 1.54) is 11.1 Å². The summed E-state index contributed by atoms with van der Waals surface area (Å²) in [5.41, 5.74) is 8.06. The minimum absolute atomic E-state index is 0.116. The third-order valence-electron chi connectivity index (χ3n) is 2.05. The molecule has 58 valence electrons. The highest BCUT2D eigenvalue weighted by Gasteiger charge is 2.20. The summed E-state index contributed by atoms with van der Waals surface area (Å²) < 4.78 is 5.43. The third-order valence-corrected chi connectivity index (χ3v) is 2.05. The van der Waals surface area contributed by atoms with Gasteiger partial charge in [0.1, 0.15) is 0 Å². The van der Waals surface area contributed by atoms with Crippen molar-refractivity contribution < 1.29 is 4.74 Å². The van der Waals surface area contributed by atoms with Crippen LogP contribution in [0.5, 0.6) is 0 Å². The smallest absolute Gasteiger partial charge is 0.0957 e. The molecule has 0 aromatic carbocycles. The molecule has 2 aliphatic rings. The Labute approximate surface area is 66.0 Å². The van der Waals surface area contributed by atoms with Crippen LogP contribution in [0.25, 0.3) is 0 Å². The van der Waals surface area contributed by atoms with Gasteiger partial charge in [-0.3, -0.25) is 0 Å². The minimum atomic E-state index is 0.116. The molecule has 0 saturated heterocycles. The van der Waals surface area contributed by atoms with Gasteiger partial charge < -0.3 is 10.5 Å². The Morgan fingerprint density at radius 2 is 2.55 bits per heavy atom. The Balaban J connectivity index is 2.28. The van der Waals surface area contributed by atoms with Gasteiger partial charge in [-0.1, -0.05) is 24.3 Å². The molecule has 0 fully saturated rings. The Kier molecular flexibility index (Phi) is 1.64. The highest BCUT2D eigenvalue weighted by atomic mass is 16.5. The Morgan fingerprint density at radius 1 is 1.64 bits per heavy atom. The monoisotopic (exact) mass is 149 g/mol. The lowest BCUT2D eigenvalue weighted by Crippen LogP contribution is -2.28. The number of allylic oxidation sites excluding steroid dienone is 3. The number of hydrogen-bond acceptors (Lipinski definition) is 2. The van der Waals surface area contributed by atoms with E-state index in [9.17, 15) is 0 Å². The van der Waals surface area contributed by atoms with Crippen LogP contribution in [0.4, 0.5) is 0 Å². The average molecular weight is 149 g/mol. The summed E-state index contributed by atoms with van der Waals surface area (Å²) in [5, 5.41) is 0. The molecule has 0 amide bonds. The van der Waals surface area contributed by atoms with E-state index in [0.29, 0.717) is 13.2 Å². The molecule has 2 heteroatoms.